The van der Waals surface area contributed by atoms with Gasteiger partial charge in [-0.15, -0.1) is 0 Å². The quantitative estimate of drug-likeness (QED) is 0.796. The summed E-state index contributed by atoms with van der Waals surface area (Å²) in [5.74, 6) is 0.861. The third-order valence-corrected chi connectivity index (χ3v) is 3.83. The van der Waals surface area contributed by atoms with Crippen molar-refractivity contribution in [1.82, 2.24) is 10.6 Å². The molecule has 18 heavy (non-hydrogen) atoms. The van der Waals surface area contributed by atoms with Gasteiger partial charge in [0.25, 0.3) is 0 Å². The zero-order valence-electron chi connectivity index (χ0n) is 11.3. The molecule has 1 saturated carbocycles. The third-order valence-electron chi connectivity index (χ3n) is 3.83. The maximum Gasteiger partial charge on any atom is 0.00772 e. The number of nitrogens with one attached hydrogen (secondary N) is 2. The Morgan fingerprint density at radius 1 is 0.722 bits per heavy atom. The SMILES string of the molecule is C1CNCCN1.c1ccc(C2CCCCC2)cc1. The van der Waals surface area contributed by atoms with Crippen LogP contribution in [0.2, 0.25) is 0 Å². The van der Waals surface area contributed by atoms with E-state index in [1.54, 1.807) is 5.56 Å². The summed E-state index contributed by atoms with van der Waals surface area (Å²) in [6.07, 6.45) is 7.12. The average Bonchev–Trinajstić information content (AvgIpc) is 2.51. The second-order valence-corrected chi connectivity index (χ2v) is 5.25. The first-order valence-electron chi connectivity index (χ1n) is 7.43. The summed E-state index contributed by atoms with van der Waals surface area (Å²) in [5.41, 5.74) is 1.55. The Labute approximate surface area is 111 Å². The van der Waals surface area contributed by atoms with Crippen LogP contribution in [0.5, 0.6) is 0 Å². The van der Waals surface area contributed by atoms with E-state index in [0.29, 0.717) is 0 Å². The van der Waals surface area contributed by atoms with Crippen molar-refractivity contribution < 1.29 is 0 Å². The Balaban J connectivity index is 0.000000169. The van der Waals surface area contributed by atoms with Crippen LogP contribution >= 0.6 is 0 Å². The van der Waals surface area contributed by atoms with Crippen LogP contribution in [0, 0.1) is 0 Å². The summed E-state index contributed by atoms with van der Waals surface area (Å²) in [5, 5.41) is 6.44. The average molecular weight is 246 g/mol. The Hall–Kier alpha value is -0.860. The molecule has 0 atom stereocenters. The summed E-state index contributed by atoms with van der Waals surface area (Å²) >= 11 is 0. The van der Waals surface area contributed by atoms with Crippen LogP contribution < -0.4 is 10.6 Å². The second kappa shape index (κ2) is 8.28. The minimum Gasteiger partial charge on any atom is -0.314 e. The highest BCUT2D eigenvalue weighted by Gasteiger charge is 2.14. The van der Waals surface area contributed by atoms with Gasteiger partial charge in [0, 0.05) is 26.2 Å². The Kier molecular flexibility index (Phi) is 6.24. The van der Waals surface area contributed by atoms with Gasteiger partial charge in [-0.2, -0.15) is 0 Å². The number of rotatable bonds is 1. The largest absolute Gasteiger partial charge is 0.314 e. The first-order valence-corrected chi connectivity index (χ1v) is 7.43. The van der Waals surface area contributed by atoms with Gasteiger partial charge in [-0.3, -0.25) is 0 Å². The minimum absolute atomic E-state index is 0.861. The second-order valence-electron chi connectivity index (χ2n) is 5.25. The molecule has 1 saturated heterocycles. The van der Waals surface area contributed by atoms with Gasteiger partial charge < -0.3 is 10.6 Å². The molecule has 1 heterocycles. The van der Waals surface area contributed by atoms with E-state index in [-0.39, 0.29) is 0 Å². The van der Waals surface area contributed by atoms with E-state index < -0.39 is 0 Å². The number of hydrogen-bond donors (Lipinski definition) is 2. The summed E-state index contributed by atoms with van der Waals surface area (Å²) in [6.45, 7) is 4.56. The smallest absolute Gasteiger partial charge is 0.00772 e. The summed E-state index contributed by atoms with van der Waals surface area (Å²) in [7, 11) is 0. The Bertz CT molecular complexity index is 289. The molecule has 0 amide bonds. The van der Waals surface area contributed by atoms with Crippen LogP contribution in [-0.2, 0) is 0 Å². The van der Waals surface area contributed by atoms with Crippen molar-refractivity contribution in [3.8, 4) is 0 Å². The van der Waals surface area contributed by atoms with Crippen LogP contribution in [0.3, 0.4) is 0 Å². The molecular weight excluding hydrogens is 220 g/mol. The molecule has 100 valence electrons. The monoisotopic (exact) mass is 246 g/mol. The van der Waals surface area contributed by atoms with Crippen LogP contribution in [-0.4, -0.2) is 26.2 Å². The highest BCUT2D eigenvalue weighted by atomic mass is 15.0. The third kappa shape index (κ3) is 4.79. The van der Waals surface area contributed by atoms with Crippen molar-refractivity contribution in [3.63, 3.8) is 0 Å². The van der Waals surface area contributed by atoms with Gasteiger partial charge in [0.1, 0.15) is 0 Å². The summed E-state index contributed by atoms with van der Waals surface area (Å²) in [6, 6.07) is 11.0. The van der Waals surface area contributed by atoms with Crippen LogP contribution in [0.15, 0.2) is 30.3 Å². The zero-order chi connectivity index (χ0) is 12.5. The molecule has 3 rings (SSSR count). The molecule has 2 aliphatic rings. The molecule has 0 aromatic heterocycles. The van der Waals surface area contributed by atoms with E-state index >= 15 is 0 Å². The number of benzene rings is 1. The van der Waals surface area contributed by atoms with Gasteiger partial charge in [-0.1, -0.05) is 49.6 Å². The van der Waals surface area contributed by atoms with Crippen molar-refractivity contribution in [2.24, 2.45) is 0 Å². The highest BCUT2D eigenvalue weighted by Crippen LogP contribution is 2.31. The van der Waals surface area contributed by atoms with E-state index in [9.17, 15) is 0 Å². The molecule has 0 radical (unpaired) electrons. The lowest BCUT2D eigenvalue weighted by Gasteiger charge is -2.21. The molecule has 1 aromatic carbocycles. The van der Waals surface area contributed by atoms with Crippen LogP contribution in [0.4, 0.5) is 0 Å². The fraction of sp³-hybridized carbons (Fsp3) is 0.625. The van der Waals surface area contributed by atoms with Crippen molar-refractivity contribution in [2.75, 3.05) is 26.2 Å². The van der Waals surface area contributed by atoms with Gasteiger partial charge in [0.05, 0.1) is 0 Å². The fourth-order valence-corrected chi connectivity index (χ4v) is 2.76. The Morgan fingerprint density at radius 3 is 1.78 bits per heavy atom. The maximum absolute atomic E-state index is 3.22. The van der Waals surface area contributed by atoms with E-state index in [4.69, 9.17) is 0 Å². The molecule has 2 heteroatoms. The maximum atomic E-state index is 3.22. The molecule has 2 fully saturated rings. The van der Waals surface area contributed by atoms with Crippen molar-refractivity contribution in [2.45, 2.75) is 38.0 Å². The van der Waals surface area contributed by atoms with E-state index in [1.807, 2.05) is 0 Å². The zero-order valence-corrected chi connectivity index (χ0v) is 11.3. The molecule has 1 aromatic rings. The number of piperazine rings is 1. The fourth-order valence-electron chi connectivity index (χ4n) is 2.76. The molecular formula is C16H26N2. The lowest BCUT2D eigenvalue weighted by molar-refractivity contribution is 0.443. The van der Waals surface area contributed by atoms with E-state index in [2.05, 4.69) is 41.0 Å². The molecule has 0 spiro atoms. The highest BCUT2D eigenvalue weighted by molar-refractivity contribution is 5.19. The lowest BCUT2D eigenvalue weighted by Crippen LogP contribution is -2.39. The first-order chi connectivity index (χ1) is 8.97. The van der Waals surface area contributed by atoms with Gasteiger partial charge >= 0.3 is 0 Å². The van der Waals surface area contributed by atoms with Crippen LogP contribution in [0.1, 0.15) is 43.6 Å². The predicted octanol–water partition coefficient (Wildman–Crippen LogP) is 2.91. The minimum atomic E-state index is 0.861. The van der Waals surface area contributed by atoms with E-state index in [0.717, 1.165) is 32.1 Å². The number of hydrogen-bond acceptors (Lipinski definition) is 2. The van der Waals surface area contributed by atoms with Crippen molar-refractivity contribution in [1.29, 1.82) is 0 Å². The normalized spacial score (nSPS) is 20.9. The van der Waals surface area contributed by atoms with Crippen LogP contribution in [0.25, 0.3) is 0 Å². The molecule has 2 nitrogen and oxygen atoms in total. The summed E-state index contributed by atoms with van der Waals surface area (Å²) < 4.78 is 0. The predicted molar refractivity (Wildman–Crippen MR) is 78.0 cm³/mol. The molecule has 1 aliphatic carbocycles. The van der Waals surface area contributed by atoms with Gasteiger partial charge in [0.15, 0.2) is 0 Å². The lowest BCUT2D eigenvalue weighted by atomic mass is 9.84. The van der Waals surface area contributed by atoms with Gasteiger partial charge in [-0.25, -0.2) is 0 Å². The Morgan fingerprint density at radius 2 is 1.28 bits per heavy atom. The van der Waals surface area contributed by atoms with Crippen molar-refractivity contribution >= 4 is 0 Å². The summed E-state index contributed by atoms with van der Waals surface area (Å²) in [4.78, 5) is 0. The molecule has 2 N–H and O–H groups in total. The first kappa shape index (κ1) is 13.6. The molecule has 1 aliphatic heterocycles. The standard InChI is InChI=1S/C12H16.C4H10N2/c1-3-7-11(8-4-1)12-9-5-2-6-10-12;1-2-6-4-3-5-1/h1,3-4,7-8,12H,2,5-6,9-10H2;5-6H,1-4H2. The van der Waals surface area contributed by atoms with E-state index in [1.165, 1.54) is 32.1 Å². The molecule has 0 unspecified atom stereocenters. The van der Waals surface area contributed by atoms with Gasteiger partial charge in [-0.05, 0) is 24.3 Å². The topological polar surface area (TPSA) is 24.1 Å². The van der Waals surface area contributed by atoms with Gasteiger partial charge in [0.2, 0.25) is 0 Å². The molecule has 0 bridgehead atoms. The van der Waals surface area contributed by atoms with Crippen molar-refractivity contribution in [3.05, 3.63) is 35.9 Å².